The van der Waals surface area contributed by atoms with E-state index in [1.807, 2.05) is 0 Å². The van der Waals surface area contributed by atoms with E-state index in [9.17, 15) is 0 Å². The van der Waals surface area contributed by atoms with Gasteiger partial charge in [-0.1, -0.05) is 0 Å². The normalized spacial score (nSPS) is 14.2. The van der Waals surface area contributed by atoms with Crippen LogP contribution in [0.5, 0.6) is 0 Å². The average Bonchev–Trinajstić information content (AvgIpc) is 2.60. The third-order valence-electron chi connectivity index (χ3n) is 3.50. The molecule has 0 unspecified atom stereocenters. The van der Waals surface area contributed by atoms with E-state index in [0.717, 1.165) is 0 Å². The Morgan fingerprint density at radius 2 is 1.70 bits per heavy atom. The molecule has 0 aliphatic heterocycles. The number of rotatable bonds is 4. The maximum absolute atomic E-state index is 2.32. The molecule has 1 aliphatic carbocycles. The molecule has 1 aromatic carbocycles. The van der Waals surface area contributed by atoms with Crippen molar-refractivity contribution in [2.75, 3.05) is 0 Å². The van der Waals surface area contributed by atoms with Crippen molar-refractivity contribution in [2.24, 2.45) is 0 Å². The van der Waals surface area contributed by atoms with Crippen molar-refractivity contribution in [1.82, 2.24) is 0 Å². The van der Waals surface area contributed by atoms with Crippen LogP contribution in [-0.2, 0) is 20.4 Å². The van der Waals surface area contributed by atoms with Crippen molar-refractivity contribution < 1.29 is 57.7 Å². The van der Waals surface area contributed by atoms with Crippen molar-refractivity contribution in [3.05, 3.63) is 50.6 Å². The molecule has 1 aliphatic rings. The fourth-order valence-corrected chi connectivity index (χ4v) is 5.23. The van der Waals surface area contributed by atoms with Gasteiger partial charge >= 0.3 is 119 Å². The number of allylic oxidation sites excluding steroid dienone is 4. The summed E-state index contributed by atoms with van der Waals surface area (Å²) >= 11 is 2.31. The van der Waals surface area contributed by atoms with Gasteiger partial charge < -0.3 is 37.2 Å². The molecule has 0 heterocycles. The van der Waals surface area contributed by atoms with E-state index < -0.39 is 0 Å². The van der Waals surface area contributed by atoms with Crippen molar-refractivity contribution in [2.45, 2.75) is 33.1 Å². The smallest absolute Gasteiger partial charge is 1.00 e. The molecule has 0 nitrogen and oxygen atoms in total. The van der Waals surface area contributed by atoms with Crippen LogP contribution in [0.4, 0.5) is 0 Å². The van der Waals surface area contributed by atoms with Crippen LogP contribution in [0.1, 0.15) is 33.1 Å². The molecule has 108 valence electrons. The van der Waals surface area contributed by atoms with Gasteiger partial charge in [0.15, 0.2) is 0 Å². The van der Waals surface area contributed by atoms with Gasteiger partial charge in [-0.25, -0.2) is 0 Å². The SMILES string of the molecule is CCCC1=[C]([Ti+3])C(C)=C([SiH2]c2ccccc2)C1.[Cl-].[Cl-].[Cl-]. The first-order valence-electron chi connectivity index (χ1n) is 6.39. The minimum Gasteiger partial charge on any atom is -1.00 e. The second kappa shape index (κ2) is 11.1. The molecule has 0 atom stereocenters. The van der Waals surface area contributed by atoms with Crippen molar-refractivity contribution in [3.8, 4) is 0 Å². The van der Waals surface area contributed by atoms with E-state index in [0.29, 0.717) is 0 Å². The van der Waals surface area contributed by atoms with E-state index in [-0.39, 0.29) is 46.7 Å². The summed E-state index contributed by atoms with van der Waals surface area (Å²) in [4.78, 5) is 0. The molecule has 0 fully saturated rings. The fourth-order valence-electron chi connectivity index (χ4n) is 2.47. The first kappa shape index (κ1) is 22.8. The van der Waals surface area contributed by atoms with E-state index in [2.05, 4.69) is 64.6 Å². The summed E-state index contributed by atoms with van der Waals surface area (Å²) in [6, 6.07) is 11.0. The van der Waals surface area contributed by atoms with Crippen LogP contribution in [0.25, 0.3) is 0 Å². The number of benzene rings is 1. The Morgan fingerprint density at radius 3 is 2.25 bits per heavy atom. The fraction of sp³-hybridized carbons (Fsp3) is 0.333. The monoisotopic (exact) mass is 380 g/mol. The topological polar surface area (TPSA) is 0 Å². The van der Waals surface area contributed by atoms with E-state index in [1.54, 1.807) is 25.4 Å². The molecule has 0 aromatic heterocycles. The largest absolute Gasteiger partial charge is 1.00 e. The minimum atomic E-state index is -0.225. The predicted molar refractivity (Wildman–Crippen MR) is 73.9 cm³/mol. The summed E-state index contributed by atoms with van der Waals surface area (Å²) in [5.74, 6) is 0. The molecule has 5 heteroatoms. The number of hydrogen-bond acceptors (Lipinski definition) is 0. The van der Waals surface area contributed by atoms with Crippen LogP contribution in [0, 0.1) is 0 Å². The van der Waals surface area contributed by atoms with Crippen molar-refractivity contribution in [1.29, 1.82) is 0 Å². The Labute approximate surface area is 155 Å². The Morgan fingerprint density at radius 1 is 1.10 bits per heavy atom. The van der Waals surface area contributed by atoms with Crippen LogP contribution in [0.15, 0.2) is 50.6 Å². The van der Waals surface area contributed by atoms with E-state index in [1.165, 1.54) is 19.3 Å². The molecule has 0 saturated carbocycles. The Bertz CT molecular complexity index is 469. The standard InChI is InChI=1S/C15H19Si.3ClH.Ti/c1-3-7-13-10-12(2)15(11-13)16-14-8-5-4-6-9-14;;;;/h4-6,8-9H,3,7,11,16H2,1-2H3;3*1H;/q;;;;+3/p-3. The average molecular weight is 382 g/mol. The molecule has 0 bridgehead atoms. The Balaban J connectivity index is 0. The zero-order chi connectivity index (χ0) is 12.3. The van der Waals surface area contributed by atoms with Gasteiger partial charge in [-0.05, 0) is 0 Å². The molecule has 0 N–H and O–H groups in total. The molecule has 0 saturated heterocycles. The first-order valence-corrected chi connectivity index (χ1v) is 8.58. The number of halogens is 3. The van der Waals surface area contributed by atoms with Gasteiger partial charge in [0.2, 0.25) is 0 Å². The van der Waals surface area contributed by atoms with Gasteiger partial charge in [-0.2, -0.15) is 0 Å². The second-order valence-electron chi connectivity index (χ2n) is 4.80. The summed E-state index contributed by atoms with van der Waals surface area (Å²) in [6.07, 6.45) is 3.84. The van der Waals surface area contributed by atoms with Gasteiger partial charge in [0.25, 0.3) is 0 Å². The summed E-state index contributed by atoms with van der Waals surface area (Å²) in [7, 11) is -0.225. The maximum atomic E-state index is 2.32. The molecule has 0 radical (unpaired) electrons. The van der Waals surface area contributed by atoms with Gasteiger partial charge in [0, 0.05) is 0 Å². The van der Waals surface area contributed by atoms with Gasteiger partial charge in [-0.15, -0.1) is 0 Å². The Kier molecular flexibility index (Phi) is 12.7. The summed E-state index contributed by atoms with van der Waals surface area (Å²) in [6.45, 7) is 4.60. The van der Waals surface area contributed by atoms with Crippen molar-refractivity contribution >= 4 is 14.7 Å². The van der Waals surface area contributed by atoms with Crippen LogP contribution >= 0.6 is 0 Å². The second-order valence-corrected chi connectivity index (χ2v) is 7.60. The summed E-state index contributed by atoms with van der Waals surface area (Å²) in [5.41, 5.74) is 3.30. The Hall–Kier alpha value is 0.501. The maximum Gasteiger partial charge on any atom is -1.00 e. The zero-order valence-electron chi connectivity index (χ0n) is 11.8. The molecular weight excluding hydrogens is 362 g/mol. The van der Waals surface area contributed by atoms with E-state index in [4.69, 9.17) is 0 Å². The zero-order valence-corrected chi connectivity index (χ0v) is 17.1. The molecule has 0 amide bonds. The predicted octanol–water partition coefficient (Wildman–Crippen LogP) is -6.23. The molecular formula is C15H19Cl3SiTi. The molecule has 20 heavy (non-hydrogen) atoms. The first-order chi connectivity index (χ1) is 8.22. The van der Waals surface area contributed by atoms with Crippen LogP contribution in [0.3, 0.4) is 0 Å². The van der Waals surface area contributed by atoms with E-state index >= 15 is 0 Å². The molecule has 1 aromatic rings. The minimum absolute atomic E-state index is 0. The van der Waals surface area contributed by atoms with Crippen LogP contribution < -0.4 is 42.4 Å². The van der Waals surface area contributed by atoms with Crippen LogP contribution in [-0.4, -0.2) is 9.52 Å². The molecule has 0 spiro atoms. The number of hydrogen-bond donors (Lipinski definition) is 0. The summed E-state index contributed by atoms with van der Waals surface area (Å²) < 4.78 is 1.59. The van der Waals surface area contributed by atoms with Gasteiger partial charge in [-0.3, -0.25) is 0 Å². The third-order valence-corrected chi connectivity index (χ3v) is 6.72. The van der Waals surface area contributed by atoms with Crippen LogP contribution in [0.2, 0.25) is 0 Å². The molecule has 2 rings (SSSR count). The van der Waals surface area contributed by atoms with Crippen molar-refractivity contribution in [3.63, 3.8) is 0 Å². The van der Waals surface area contributed by atoms with Gasteiger partial charge in [0.1, 0.15) is 0 Å². The quantitative estimate of drug-likeness (QED) is 0.456. The summed E-state index contributed by atoms with van der Waals surface area (Å²) in [5, 5.41) is 3.34. The van der Waals surface area contributed by atoms with Gasteiger partial charge in [0.05, 0.1) is 0 Å². The third kappa shape index (κ3) is 5.71.